The van der Waals surface area contributed by atoms with Crippen molar-refractivity contribution in [1.82, 2.24) is 5.43 Å². The Morgan fingerprint density at radius 1 is 1.37 bits per heavy atom. The van der Waals surface area contributed by atoms with Gasteiger partial charge in [-0.2, -0.15) is 5.10 Å². The Kier molecular flexibility index (Phi) is 4.60. The zero-order valence-corrected chi connectivity index (χ0v) is 11.6. The number of nitrogens with one attached hydrogen (secondary N) is 1. The van der Waals surface area contributed by atoms with Crippen molar-refractivity contribution in [1.29, 1.82) is 0 Å². The number of anilines is 1. The fourth-order valence-corrected chi connectivity index (χ4v) is 2.27. The summed E-state index contributed by atoms with van der Waals surface area (Å²) in [5.41, 5.74) is 2.60. The van der Waals surface area contributed by atoms with E-state index >= 15 is 0 Å². The van der Waals surface area contributed by atoms with E-state index in [-0.39, 0.29) is 11.8 Å². The van der Waals surface area contributed by atoms with Crippen LogP contribution in [-0.2, 0) is 4.79 Å². The first-order chi connectivity index (χ1) is 9.16. The van der Waals surface area contributed by atoms with E-state index in [2.05, 4.69) is 10.5 Å². The molecular weight excluding hydrogens is 242 g/mol. The number of furan rings is 1. The molecule has 1 N–H and O–H groups in total. The van der Waals surface area contributed by atoms with Crippen LogP contribution in [0.25, 0.3) is 0 Å². The van der Waals surface area contributed by atoms with E-state index < -0.39 is 0 Å². The summed E-state index contributed by atoms with van der Waals surface area (Å²) in [7, 11) is 3.81. The molecule has 1 fully saturated rings. The van der Waals surface area contributed by atoms with Crippen LogP contribution in [0.3, 0.4) is 0 Å². The molecule has 0 spiro atoms. The predicted molar refractivity (Wildman–Crippen MR) is 75.3 cm³/mol. The number of carbonyl (C=O) groups is 1. The summed E-state index contributed by atoms with van der Waals surface area (Å²) >= 11 is 0. The minimum atomic E-state index is 0.0235. The van der Waals surface area contributed by atoms with Gasteiger partial charge in [-0.25, -0.2) is 5.43 Å². The molecule has 2 rings (SSSR count). The van der Waals surface area contributed by atoms with Crippen molar-refractivity contribution >= 4 is 18.0 Å². The van der Waals surface area contributed by atoms with Gasteiger partial charge in [-0.3, -0.25) is 4.79 Å². The van der Waals surface area contributed by atoms with Crippen LogP contribution in [0, 0.1) is 5.92 Å². The van der Waals surface area contributed by atoms with E-state index in [4.69, 9.17) is 4.42 Å². The molecule has 0 atom stereocenters. The van der Waals surface area contributed by atoms with Crippen molar-refractivity contribution in [2.24, 2.45) is 11.0 Å². The number of hydrogen-bond donors (Lipinski definition) is 1. The zero-order valence-electron chi connectivity index (χ0n) is 11.6. The van der Waals surface area contributed by atoms with Gasteiger partial charge in [-0.1, -0.05) is 19.3 Å². The predicted octanol–water partition coefficient (Wildman–Crippen LogP) is 2.38. The first-order valence-corrected chi connectivity index (χ1v) is 6.77. The summed E-state index contributed by atoms with van der Waals surface area (Å²) in [5, 5.41) is 3.95. The second kappa shape index (κ2) is 6.41. The molecule has 1 heterocycles. The molecule has 0 unspecified atom stereocenters. The highest BCUT2D eigenvalue weighted by molar-refractivity contribution is 5.82. The van der Waals surface area contributed by atoms with Gasteiger partial charge in [0.25, 0.3) is 0 Å². The molecule has 0 saturated heterocycles. The summed E-state index contributed by atoms with van der Waals surface area (Å²) in [5.74, 6) is 1.54. The van der Waals surface area contributed by atoms with Crippen molar-refractivity contribution in [3.8, 4) is 0 Å². The molecule has 104 valence electrons. The van der Waals surface area contributed by atoms with Crippen molar-refractivity contribution in [2.45, 2.75) is 32.1 Å². The molecule has 5 heteroatoms. The van der Waals surface area contributed by atoms with Gasteiger partial charge >= 0.3 is 0 Å². The van der Waals surface area contributed by atoms with Gasteiger partial charge in [0.05, 0.1) is 6.21 Å². The molecule has 0 radical (unpaired) electrons. The highest BCUT2D eigenvalue weighted by Crippen LogP contribution is 2.23. The molecule has 1 aromatic rings. The van der Waals surface area contributed by atoms with Gasteiger partial charge in [0, 0.05) is 26.1 Å². The van der Waals surface area contributed by atoms with Gasteiger partial charge in [0.1, 0.15) is 5.76 Å². The topological polar surface area (TPSA) is 57.8 Å². The van der Waals surface area contributed by atoms with Crippen LogP contribution in [0.1, 0.15) is 37.9 Å². The van der Waals surface area contributed by atoms with Crippen LogP contribution in [0.4, 0.5) is 5.88 Å². The van der Waals surface area contributed by atoms with E-state index in [0.29, 0.717) is 5.76 Å². The molecule has 0 bridgehead atoms. The van der Waals surface area contributed by atoms with Crippen molar-refractivity contribution in [3.63, 3.8) is 0 Å². The van der Waals surface area contributed by atoms with Crippen LogP contribution < -0.4 is 10.3 Å². The fourth-order valence-electron chi connectivity index (χ4n) is 2.27. The summed E-state index contributed by atoms with van der Waals surface area (Å²) in [6, 6.07) is 3.69. The van der Waals surface area contributed by atoms with Crippen molar-refractivity contribution < 1.29 is 9.21 Å². The lowest BCUT2D eigenvalue weighted by molar-refractivity contribution is -0.125. The van der Waals surface area contributed by atoms with Crippen LogP contribution in [0.15, 0.2) is 21.7 Å². The number of carbonyl (C=O) groups excluding carboxylic acids is 1. The Hall–Kier alpha value is -1.78. The van der Waals surface area contributed by atoms with Crippen LogP contribution in [-0.4, -0.2) is 26.2 Å². The molecular formula is C14H21N3O2. The van der Waals surface area contributed by atoms with Gasteiger partial charge < -0.3 is 9.32 Å². The number of hydrazone groups is 1. The number of amides is 1. The lowest BCUT2D eigenvalue weighted by atomic mass is 9.89. The van der Waals surface area contributed by atoms with Crippen molar-refractivity contribution in [3.05, 3.63) is 17.9 Å². The van der Waals surface area contributed by atoms with E-state index in [1.54, 1.807) is 0 Å². The van der Waals surface area contributed by atoms with Gasteiger partial charge in [0.2, 0.25) is 5.91 Å². The number of hydrogen-bond acceptors (Lipinski definition) is 4. The number of rotatable bonds is 4. The highest BCUT2D eigenvalue weighted by Gasteiger charge is 2.20. The Morgan fingerprint density at radius 3 is 2.74 bits per heavy atom. The maximum atomic E-state index is 11.8. The third-order valence-electron chi connectivity index (χ3n) is 3.40. The zero-order chi connectivity index (χ0) is 13.7. The van der Waals surface area contributed by atoms with Gasteiger partial charge in [0.15, 0.2) is 5.88 Å². The lowest BCUT2D eigenvalue weighted by Gasteiger charge is -2.19. The van der Waals surface area contributed by atoms with E-state index in [1.165, 1.54) is 12.6 Å². The minimum absolute atomic E-state index is 0.0235. The highest BCUT2D eigenvalue weighted by atomic mass is 16.4. The molecule has 0 aromatic carbocycles. The largest absolute Gasteiger partial charge is 0.440 e. The SMILES string of the molecule is CN(C)c1ccc(C=NNC(=O)C2CCCCC2)o1. The third kappa shape index (κ3) is 3.84. The van der Waals surface area contributed by atoms with E-state index in [1.807, 2.05) is 31.1 Å². The first-order valence-electron chi connectivity index (χ1n) is 6.77. The monoisotopic (exact) mass is 263 g/mol. The second-order valence-corrected chi connectivity index (χ2v) is 5.14. The third-order valence-corrected chi connectivity index (χ3v) is 3.40. The summed E-state index contributed by atoms with van der Waals surface area (Å²) < 4.78 is 5.50. The normalized spacial score (nSPS) is 16.7. The van der Waals surface area contributed by atoms with E-state index in [0.717, 1.165) is 31.6 Å². The summed E-state index contributed by atoms with van der Waals surface area (Å²) in [6.45, 7) is 0. The van der Waals surface area contributed by atoms with Gasteiger partial charge in [-0.05, 0) is 18.9 Å². The average molecular weight is 263 g/mol. The first kappa shape index (κ1) is 13.6. The standard InChI is InChI=1S/C14H21N3O2/c1-17(2)13-9-8-12(19-13)10-15-16-14(18)11-6-4-3-5-7-11/h8-11H,3-7H2,1-2H3,(H,16,18). The second-order valence-electron chi connectivity index (χ2n) is 5.14. The van der Waals surface area contributed by atoms with Crippen LogP contribution >= 0.6 is 0 Å². The van der Waals surface area contributed by atoms with Crippen LogP contribution in [0.2, 0.25) is 0 Å². The maximum Gasteiger partial charge on any atom is 0.243 e. The van der Waals surface area contributed by atoms with E-state index in [9.17, 15) is 4.79 Å². The van der Waals surface area contributed by atoms with Crippen LogP contribution in [0.5, 0.6) is 0 Å². The summed E-state index contributed by atoms with van der Waals surface area (Å²) in [4.78, 5) is 13.7. The molecule has 1 aliphatic carbocycles. The molecule has 1 amide bonds. The fraction of sp³-hybridized carbons (Fsp3) is 0.571. The molecule has 1 aromatic heterocycles. The molecule has 1 aliphatic rings. The van der Waals surface area contributed by atoms with Gasteiger partial charge in [-0.15, -0.1) is 0 Å². The number of nitrogens with zero attached hydrogens (tertiary/aromatic N) is 2. The Balaban J connectivity index is 1.83. The average Bonchev–Trinajstić information content (AvgIpc) is 2.89. The molecule has 1 saturated carbocycles. The molecule has 19 heavy (non-hydrogen) atoms. The Bertz CT molecular complexity index is 445. The summed E-state index contributed by atoms with van der Waals surface area (Å²) in [6.07, 6.45) is 7.03. The smallest absolute Gasteiger partial charge is 0.243 e. The maximum absolute atomic E-state index is 11.8. The molecule has 5 nitrogen and oxygen atoms in total. The van der Waals surface area contributed by atoms with Crippen molar-refractivity contribution in [2.75, 3.05) is 19.0 Å². The minimum Gasteiger partial charge on any atom is -0.440 e. The Morgan fingerprint density at radius 2 is 2.11 bits per heavy atom. The quantitative estimate of drug-likeness (QED) is 0.670. The lowest BCUT2D eigenvalue weighted by Crippen LogP contribution is -2.28. The Labute approximate surface area is 113 Å². The molecule has 0 aliphatic heterocycles.